The maximum absolute atomic E-state index is 2.56. The van der Waals surface area contributed by atoms with Gasteiger partial charge < -0.3 is 9.80 Å². The molecular weight excluding hydrogens is 591 g/mol. The fourth-order valence-corrected chi connectivity index (χ4v) is 8.82. The van der Waals surface area contributed by atoms with Gasteiger partial charge in [-0.2, -0.15) is 0 Å². The fraction of sp³-hybridized carbons (Fsp3) is 0.174. The molecule has 0 fully saturated rings. The van der Waals surface area contributed by atoms with Crippen molar-refractivity contribution < 1.29 is 0 Å². The Hall–Kier alpha value is -5.28. The maximum atomic E-state index is 2.56. The van der Waals surface area contributed by atoms with Gasteiger partial charge in [0.25, 0.3) is 6.71 Å². The van der Waals surface area contributed by atoms with Gasteiger partial charge in [-0.05, 0) is 96.3 Å². The lowest BCUT2D eigenvalue weighted by atomic mass is 9.33. The Morgan fingerprint density at radius 3 is 1.20 bits per heavy atom. The van der Waals surface area contributed by atoms with Crippen molar-refractivity contribution in [2.75, 3.05) is 9.80 Å². The van der Waals surface area contributed by atoms with E-state index in [0.717, 1.165) is 0 Å². The third kappa shape index (κ3) is 4.41. The van der Waals surface area contributed by atoms with Crippen LogP contribution in [0.4, 0.5) is 34.1 Å². The highest BCUT2D eigenvalue weighted by molar-refractivity contribution is 7.00. The van der Waals surface area contributed by atoms with Crippen molar-refractivity contribution >= 4 is 78.8 Å². The van der Waals surface area contributed by atoms with Gasteiger partial charge >= 0.3 is 0 Å². The smallest absolute Gasteiger partial charge is 0.252 e. The lowest BCUT2D eigenvalue weighted by Gasteiger charge is -2.45. The van der Waals surface area contributed by atoms with E-state index in [0.29, 0.717) is 0 Å². The number of hydrogen-bond acceptors (Lipinski definition) is 2. The van der Waals surface area contributed by atoms with Gasteiger partial charge in [0.2, 0.25) is 0 Å². The van der Waals surface area contributed by atoms with Crippen LogP contribution >= 0.6 is 0 Å². The summed E-state index contributed by atoms with van der Waals surface area (Å²) in [4.78, 5) is 5.13. The van der Waals surface area contributed by atoms with E-state index in [2.05, 4.69) is 191 Å². The Balaban J connectivity index is 1.39. The summed E-state index contributed by atoms with van der Waals surface area (Å²) in [5.41, 5.74) is 14.1. The third-order valence-corrected chi connectivity index (χ3v) is 10.6. The summed E-state index contributed by atoms with van der Waals surface area (Å²) in [6, 6.07) is 52.2. The molecule has 49 heavy (non-hydrogen) atoms. The largest absolute Gasteiger partial charge is 0.311 e. The zero-order valence-electron chi connectivity index (χ0n) is 29.3. The summed E-state index contributed by atoms with van der Waals surface area (Å²) in [7, 11) is 0. The Kier molecular flexibility index (Phi) is 6.46. The molecule has 3 heteroatoms. The van der Waals surface area contributed by atoms with Crippen LogP contribution in [0, 0.1) is 0 Å². The highest BCUT2D eigenvalue weighted by Crippen LogP contribution is 2.49. The van der Waals surface area contributed by atoms with E-state index in [1.54, 1.807) is 0 Å². The molecule has 0 aliphatic carbocycles. The van der Waals surface area contributed by atoms with Gasteiger partial charge in [-0.25, -0.2) is 0 Å². The molecule has 2 aliphatic rings. The molecule has 0 radical (unpaired) electrons. The van der Waals surface area contributed by atoms with Crippen molar-refractivity contribution in [1.29, 1.82) is 0 Å². The van der Waals surface area contributed by atoms with Gasteiger partial charge in [0, 0.05) is 22.7 Å². The number of para-hydroxylation sites is 2. The minimum Gasteiger partial charge on any atom is -0.311 e. The standard InChI is InChI=1S/C46H41BN2/c1-45(2,3)42-32-18-9-7-16-30(32)26-28-38(42)48-36-22-13-11-20-34(36)47-35-21-12-14-23-37(35)49(41-25-15-24-40(48)44(41)47)39-29-27-31-17-8-10-19-33(31)43(39)46(4,5)6/h7-29H,1-6H3. The van der Waals surface area contributed by atoms with E-state index in [1.165, 1.54) is 83.2 Å². The summed E-state index contributed by atoms with van der Waals surface area (Å²) >= 11 is 0. The monoisotopic (exact) mass is 632 g/mol. The summed E-state index contributed by atoms with van der Waals surface area (Å²) in [5.74, 6) is 0. The molecule has 0 N–H and O–H groups in total. The predicted octanol–water partition coefficient (Wildman–Crippen LogP) is 10.7. The molecule has 2 aliphatic heterocycles. The summed E-state index contributed by atoms with van der Waals surface area (Å²) < 4.78 is 0. The number of benzene rings is 7. The molecule has 0 saturated heterocycles. The molecule has 0 atom stereocenters. The van der Waals surface area contributed by atoms with Crippen LogP contribution in [0.1, 0.15) is 52.7 Å². The average molecular weight is 633 g/mol. The Labute approximate surface area is 290 Å². The van der Waals surface area contributed by atoms with E-state index >= 15 is 0 Å². The van der Waals surface area contributed by atoms with Crippen molar-refractivity contribution in [2.24, 2.45) is 0 Å². The van der Waals surface area contributed by atoms with Crippen molar-refractivity contribution in [3.05, 3.63) is 151 Å². The quantitative estimate of drug-likeness (QED) is 0.175. The summed E-state index contributed by atoms with van der Waals surface area (Å²) in [6.07, 6.45) is 0. The van der Waals surface area contributed by atoms with E-state index in [1.807, 2.05) is 0 Å². The molecule has 7 aromatic rings. The second kappa shape index (κ2) is 10.6. The molecule has 0 bridgehead atoms. The van der Waals surface area contributed by atoms with E-state index in [9.17, 15) is 0 Å². The second-order valence-electron chi connectivity index (χ2n) is 15.8. The Morgan fingerprint density at radius 1 is 0.367 bits per heavy atom. The molecule has 2 nitrogen and oxygen atoms in total. The maximum Gasteiger partial charge on any atom is 0.252 e. The van der Waals surface area contributed by atoms with Crippen molar-refractivity contribution in [1.82, 2.24) is 0 Å². The number of anilines is 6. The van der Waals surface area contributed by atoms with E-state index in [-0.39, 0.29) is 17.5 Å². The highest BCUT2D eigenvalue weighted by Gasteiger charge is 2.44. The van der Waals surface area contributed by atoms with Crippen molar-refractivity contribution in [2.45, 2.75) is 52.4 Å². The average Bonchev–Trinajstić information content (AvgIpc) is 3.09. The van der Waals surface area contributed by atoms with Crippen LogP contribution in [0.5, 0.6) is 0 Å². The SMILES string of the molecule is CC(C)(C)c1c(N2c3ccccc3B3c4ccccc4N(c4ccc5ccccc5c4C(C)(C)C)c4cccc2c43)ccc2ccccc12. The summed E-state index contributed by atoms with van der Waals surface area (Å²) in [6.45, 7) is 14.2. The molecular formula is C46H41BN2. The van der Waals surface area contributed by atoms with Gasteiger partial charge in [0.15, 0.2) is 0 Å². The van der Waals surface area contributed by atoms with Gasteiger partial charge in [0.05, 0.1) is 11.4 Å². The van der Waals surface area contributed by atoms with Crippen LogP contribution < -0.4 is 26.2 Å². The van der Waals surface area contributed by atoms with Crippen molar-refractivity contribution in [3.63, 3.8) is 0 Å². The van der Waals surface area contributed by atoms with E-state index in [4.69, 9.17) is 0 Å². The number of rotatable bonds is 2. The van der Waals surface area contributed by atoms with Crippen LogP contribution in [-0.2, 0) is 10.8 Å². The van der Waals surface area contributed by atoms with Crippen LogP contribution in [0.25, 0.3) is 21.5 Å². The minimum absolute atomic E-state index is 0.0812. The first-order valence-corrected chi connectivity index (χ1v) is 17.6. The minimum atomic E-state index is -0.0812. The van der Waals surface area contributed by atoms with Gasteiger partial charge in [-0.1, -0.05) is 145 Å². The topological polar surface area (TPSA) is 6.48 Å². The molecule has 0 spiro atoms. The third-order valence-electron chi connectivity index (χ3n) is 10.6. The first kappa shape index (κ1) is 29.8. The van der Waals surface area contributed by atoms with Crippen LogP contribution in [0.15, 0.2) is 140 Å². The first-order valence-electron chi connectivity index (χ1n) is 17.6. The summed E-state index contributed by atoms with van der Waals surface area (Å²) in [5, 5.41) is 5.19. The first-order chi connectivity index (χ1) is 23.6. The molecule has 7 aromatic carbocycles. The molecule has 0 unspecified atom stereocenters. The second-order valence-corrected chi connectivity index (χ2v) is 15.8. The molecule has 2 heterocycles. The predicted molar refractivity (Wildman–Crippen MR) is 213 cm³/mol. The molecule has 238 valence electrons. The Bertz CT molecular complexity index is 2280. The number of hydrogen-bond donors (Lipinski definition) is 0. The van der Waals surface area contributed by atoms with Crippen molar-refractivity contribution in [3.8, 4) is 0 Å². The van der Waals surface area contributed by atoms with Gasteiger partial charge in [-0.3, -0.25) is 0 Å². The number of fused-ring (bicyclic) bond motifs is 6. The van der Waals surface area contributed by atoms with Gasteiger partial charge in [-0.15, -0.1) is 0 Å². The van der Waals surface area contributed by atoms with Crippen LogP contribution in [-0.4, -0.2) is 6.71 Å². The normalized spacial score (nSPS) is 13.8. The zero-order valence-corrected chi connectivity index (χ0v) is 29.3. The zero-order chi connectivity index (χ0) is 33.7. The van der Waals surface area contributed by atoms with Crippen LogP contribution in [0.2, 0.25) is 0 Å². The fourth-order valence-electron chi connectivity index (χ4n) is 8.82. The lowest BCUT2D eigenvalue weighted by Crippen LogP contribution is -2.61. The lowest BCUT2D eigenvalue weighted by molar-refractivity contribution is 0.596. The number of nitrogens with zero attached hydrogens (tertiary/aromatic N) is 2. The van der Waals surface area contributed by atoms with Crippen LogP contribution in [0.3, 0.4) is 0 Å². The molecule has 0 amide bonds. The highest BCUT2D eigenvalue weighted by atomic mass is 15.2. The molecule has 0 saturated carbocycles. The van der Waals surface area contributed by atoms with E-state index < -0.39 is 0 Å². The molecule has 9 rings (SSSR count). The molecule has 0 aromatic heterocycles. The Morgan fingerprint density at radius 2 is 0.755 bits per heavy atom. The van der Waals surface area contributed by atoms with Gasteiger partial charge in [0.1, 0.15) is 0 Å².